The minimum Gasteiger partial charge on any atom is -0.454 e. The van der Waals surface area contributed by atoms with Crippen molar-refractivity contribution in [3.05, 3.63) is 378 Å². The number of aryl methyl sites for hydroxylation is 2. The van der Waals surface area contributed by atoms with E-state index in [-0.39, 0.29) is 85.4 Å². The van der Waals surface area contributed by atoms with Crippen LogP contribution >= 0.6 is 0 Å². The normalized spacial score (nSPS) is 10.5. The van der Waals surface area contributed by atoms with Crippen molar-refractivity contribution in [1.29, 1.82) is 10.5 Å². The molecule has 646 valence electrons. The van der Waals surface area contributed by atoms with Crippen molar-refractivity contribution in [3.8, 4) is 75.4 Å². The van der Waals surface area contributed by atoms with Crippen LogP contribution in [0.2, 0.25) is 0 Å². The fourth-order valence-corrected chi connectivity index (χ4v) is 10.8. The van der Waals surface area contributed by atoms with Crippen LogP contribution in [0.1, 0.15) is 86.8 Å². The Hall–Kier alpha value is -18.2. The van der Waals surface area contributed by atoms with E-state index < -0.39 is 58.9 Å². The van der Waals surface area contributed by atoms with Crippen molar-refractivity contribution in [3.63, 3.8) is 0 Å². The number of carbonyl (C=O) groups excluding carboxylic acids is 5. The van der Waals surface area contributed by atoms with Gasteiger partial charge in [-0.3, -0.25) is 33.8 Å². The number of benzene rings is 8. The zero-order valence-corrected chi connectivity index (χ0v) is 66.9. The Kier molecular flexibility index (Phi) is 31.3. The number of nitrogens with one attached hydrogen (secondary N) is 6. The molecule has 0 saturated heterocycles. The number of anilines is 5. The first-order valence-corrected chi connectivity index (χ1v) is 37.2. The SMILES string of the molecule is CC(F)(F)Oc1cccc(C(=O)Nc2cc(F)cc(Oc3cncnc3)c2)c1.Cc1cccc(C(=O)Nc2cc(C#N)cc(Oc3cncnc3)c2)c1.Cc1cccc(C(=O)Nc2cc(Oc3cncnc3)cc(C(F)(F)F)c2)c1.N#Cc1cc(NC(=O)c2cc(F)ccn2)cc(Oc2cncnc2)c1.O=C(Nc1cc(F)cc(Oc2cncnc2)c1)c1cc(=O)cc[nH]1. The summed E-state index contributed by atoms with van der Waals surface area (Å²) in [5.41, 5.74) is 3.19. The zero-order chi connectivity index (χ0) is 91.8. The molecule has 0 atom stereocenters. The molecule has 0 fully saturated rings. The summed E-state index contributed by atoms with van der Waals surface area (Å²) in [7, 11) is 0. The van der Waals surface area contributed by atoms with Crippen molar-refractivity contribution >= 4 is 58.0 Å². The molecule has 0 unspecified atom stereocenters. The predicted molar refractivity (Wildman–Crippen MR) is 448 cm³/mol. The molecule has 39 heteroatoms. The molecular weight excluding hydrogens is 1690 g/mol. The molecule has 0 aliphatic rings. The molecule has 15 rings (SSSR count). The van der Waals surface area contributed by atoms with Crippen LogP contribution in [0.3, 0.4) is 0 Å². The number of rotatable bonds is 22. The molecule has 7 aromatic heterocycles. The number of amides is 5. The van der Waals surface area contributed by atoms with Gasteiger partial charge in [0, 0.05) is 125 Å². The van der Waals surface area contributed by atoms with Crippen LogP contribution in [-0.4, -0.2) is 95.5 Å². The Bertz CT molecular complexity index is 6450. The van der Waals surface area contributed by atoms with Crippen molar-refractivity contribution in [2.24, 2.45) is 0 Å². The smallest absolute Gasteiger partial charge is 0.416 e. The first-order valence-electron chi connectivity index (χ1n) is 37.2. The molecule has 0 spiro atoms. The minimum atomic E-state index is -4.60. The third-order valence-electron chi connectivity index (χ3n) is 16.1. The molecule has 7 heterocycles. The second-order valence-corrected chi connectivity index (χ2v) is 26.4. The molecule has 0 aliphatic heterocycles. The maximum absolute atomic E-state index is 13.9. The summed E-state index contributed by atoms with van der Waals surface area (Å²) < 4.78 is 138. The lowest BCUT2D eigenvalue weighted by atomic mass is 10.1. The lowest BCUT2D eigenvalue weighted by Gasteiger charge is -2.14. The van der Waals surface area contributed by atoms with Gasteiger partial charge in [0.05, 0.1) is 90.8 Å². The molecule has 5 amide bonds. The summed E-state index contributed by atoms with van der Waals surface area (Å²) >= 11 is 0. The summed E-state index contributed by atoms with van der Waals surface area (Å²) in [5, 5.41) is 31.1. The Morgan fingerprint density at radius 3 is 1.09 bits per heavy atom. The van der Waals surface area contributed by atoms with Crippen LogP contribution in [0, 0.1) is 54.0 Å². The average Bonchev–Trinajstić information content (AvgIpc) is 0.807. The fraction of sp³-hybridized carbons (Fsp3) is 0.0556. The number of H-pyrrole nitrogens is 1. The number of aromatic nitrogens is 12. The van der Waals surface area contributed by atoms with Gasteiger partial charge < -0.3 is 60.0 Å². The number of nitriles is 2. The van der Waals surface area contributed by atoms with E-state index in [0.29, 0.717) is 63.7 Å². The van der Waals surface area contributed by atoms with Crippen molar-refractivity contribution in [2.45, 2.75) is 33.1 Å². The molecule has 0 bridgehead atoms. The van der Waals surface area contributed by atoms with Crippen LogP contribution in [0.15, 0.2) is 299 Å². The van der Waals surface area contributed by atoms with Crippen LogP contribution in [0.5, 0.6) is 63.2 Å². The number of aromatic amines is 1. The number of carbonyl (C=O) groups is 5. The maximum Gasteiger partial charge on any atom is 0.416 e. The van der Waals surface area contributed by atoms with Crippen LogP contribution in [0.25, 0.3) is 0 Å². The number of ether oxygens (including phenoxy) is 6. The van der Waals surface area contributed by atoms with E-state index in [1.807, 2.05) is 38.1 Å². The third-order valence-corrected chi connectivity index (χ3v) is 16.1. The molecule has 0 radical (unpaired) electrons. The molecule has 6 N–H and O–H groups in total. The second kappa shape index (κ2) is 44.1. The first-order chi connectivity index (χ1) is 62.0. The molecule has 31 nitrogen and oxygen atoms in total. The average molecular weight is 1750 g/mol. The fourth-order valence-electron chi connectivity index (χ4n) is 10.8. The monoisotopic (exact) mass is 1750 g/mol. The lowest BCUT2D eigenvalue weighted by molar-refractivity contribution is -0.159. The first kappa shape index (κ1) is 91.6. The molecule has 8 aromatic carbocycles. The lowest BCUT2D eigenvalue weighted by Crippen LogP contribution is -2.19. The topological polar surface area (TPSA) is 423 Å². The van der Waals surface area contributed by atoms with Gasteiger partial charge >= 0.3 is 12.3 Å². The van der Waals surface area contributed by atoms with Gasteiger partial charge in [0.15, 0.2) is 34.2 Å². The van der Waals surface area contributed by atoms with E-state index in [4.69, 9.17) is 28.9 Å². The van der Waals surface area contributed by atoms with Crippen molar-refractivity contribution in [1.82, 2.24) is 59.8 Å². The molecule has 15 aromatic rings. The van der Waals surface area contributed by atoms with Gasteiger partial charge in [-0.25, -0.2) is 63.0 Å². The number of hydrogen-bond acceptors (Lipinski definition) is 25. The van der Waals surface area contributed by atoms with Crippen molar-refractivity contribution < 1.29 is 87.5 Å². The summed E-state index contributed by atoms with van der Waals surface area (Å²) in [6.45, 7) is 4.32. The summed E-state index contributed by atoms with van der Waals surface area (Å²) in [4.78, 5) is 117. The van der Waals surface area contributed by atoms with Crippen molar-refractivity contribution in [2.75, 3.05) is 26.6 Å². The molecule has 0 aliphatic carbocycles. The Balaban J connectivity index is 0.000000156. The second-order valence-electron chi connectivity index (χ2n) is 26.4. The summed E-state index contributed by atoms with van der Waals surface area (Å²) in [6, 6.07) is 47.5. The Morgan fingerprint density at radius 1 is 0.364 bits per heavy atom. The van der Waals surface area contributed by atoms with Crippen LogP contribution < -0.4 is 60.4 Å². The highest BCUT2D eigenvalue weighted by Crippen LogP contribution is 2.37. The van der Waals surface area contributed by atoms with Gasteiger partial charge in [0.2, 0.25) is 0 Å². The van der Waals surface area contributed by atoms with Gasteiger partial charge in [-0.15, -0.1) is 0 Å². The highest BCUT2D eigenvalue weighted by Gasteiger charge is 2.32. The molecule has 129 heavy (non-hydrogen) atoms. The van der Waals surface area contributed by atoms with E-state index in [0.717, 1.165) is 71.8 Å². The molecular formula is C90H63F8N19O12. The number of alkyl halides is 5. The minimum absolute atomic E-state index is 0.0387. The zero-order valence-electron chi connectivity index (χ0n) is 66.9. The van der Waals surface area contributed by atoms with E-state index in [1.165, 1.54) is 167 Å². The number of pyridine rings is 2. The van der Waals surface area contributed by atoms with E-state index in [2.05, 4.69) is 97.2 Å². The quantitative estimate of drug-likeness (QED) is 0.0343. The standard InChI is InChI=1S/C19H14F3N3O3.C19H14F3N3O2.C19H14N4O2.C17H10FN5O2.C16H11FN4O3/c1-19(21,22)28-15-4-2-3-12(5-15)18(26)25-14-6-13(20)7-16(8-14)27-17-9-23-11-24-10-17;1-12-3-2-4-13(5-12)18(26)25-15-6-14(19(20,21)22)7-16(8-15)27-17-9-23-11-24-10-17;1-13-3-2-4-15(5-13)19(24)23-16-6-14(9-20)7-17(8-16)25-18-10-21-12-22-11-18;18-12-1-2-22-16(5-12)17(24)23-13-3-11(7-19)4-14(6-13)25-15-8-20-10-21-9-15;17-10-3-11(21-16(23)15-6-12(22)1-2-20-15)5-13(4-10)24-14-7-18-9-19-8-14/h2-11H,1H3,(H,25,26);2-11H,1H3,(H,25,26);2-8,10-12H,1H3,(H,23,24);1-6,8-10H,(H,23,24);1-9H,(H,20,22)(H,21,23). The highest BCUT2D eigenvalue weighted by atomic mass is 19.4. The van der Waals surface area contributed by atoms with Gasteiger partial charge in [0.1, 0.15) is 95.0 Å². The number of nitrogens with zero attached hydrogens (tertiary/aromatic N) is 13. The van der Waals surface area contributed by atoms with Crippen LogP contribution in [-0.2, 0) is 6.18 Å². The Morgan fingerprint density at radius 2 is 0.721 bits per heavy atom. The van der Waals surface area contributed by atoms with Gasteiger partial charge in [-0.2, -0.15) is 32.5 Å². The molecule has 0 saturated carbocycles. The number of hydrogen-bond donors (Lipinski definition) is 6. The highest BCUT2D eigenvalue weighted by molar-refractivity contribution is 6.07. The largest absolute Gasteiger partial charge is 0.454 e. The van der Waals surface area contributed by atoms with E-state index in [1.54, 1.807) is 48.5 Å². The van der Waals surface area contributed by atoms with Gasteiger partial charge in [-0.05, 0) is 111 Å². The van der Waals surface area contributed by atoms with Crippen LogP contribution in [0.4, 0.5) is 63.6 Å². The summed E-state index contributed by atoms with van der Waals surface area (Å²) in [5.74, 6) is -2.06. The summed E-state index contributed by atoms with van der Waals surface area (Å²) in [6.07, 6.45) is 15.4. The third kappa shape index (κ3) is 29.9. The van der Waals surface area contributed by atoms with E-state index in [9.17, 15) is 69.2 Å². The maximum atomic E-state index is 13.9. The predicted octanol–water partition coefficient (Wildman–Crippen LogP) is 18.5. The van der Waals surface area contributed by atoms with Gasteiger partial charge in [0.25, 0.3) is 29.5 Å². The Labute approximate surface area is 725 Å². The van der Waals surface area contributed by atoms with E-state index >= 15 is 0 Å². The number of halogens is 8. The van der Waals surface area contributed by atoms with Gasteiger partial charge in [-0.1, -0.05) is 41.5 Å².